The molecule has 1 fully saturated rings. The Bertz CT molecular complexity index is 838. The minimum absolute atomic E-state index is 0.149. The Balaban J connectivity index is 1.77. The van der Waals surface area contributed by atoms with Gasteiger partial charge in [-0.25, -0.2) is 4.79 Å². The van der Waals surface area contributed by atoms with Crippen LogP contribution < -0.4 is 4.90 Å². The van der Waals surface area contributed by atoms with Crippen molar-refractivity contribution in [3.8, 4) is 0 Å². The third-order valence-electron chi connectivity index (χ3n) is 4.82. The van der Waals surface area contributed by atoms with Gasteiger partial charge in [0.15, 0.2) is 0 Å². The molecule has 1 aliphatic heterocycles. The predicted octanol–water partition coefficient (Wildman–Crippen LogP) is 6.06. The molecule has 0 aliphatic carbocycles. The summed E-state index contributed by atoms with van der Waals surface area (Å²) in [5.41, 5.74) is 2.95. The molecule has 0 amide bonds. The first-order chi connectivity index (χ1) is 12.7. The first-order valence-electron chi connectivity index (χ1n) is 9.24. The van der Waals surface area contributed by atoms with E-state index in [-0.39, 0.29) is 16.4 Å². The number of aromatic carboxylic acids is 1. The topological polar surface area (TPSA) is 65.3 Å². The highest BCUT2D eigenvalue weighted by molar-refractivity contribution is 5.93. The quantitative estimate of drug-likeness (QED) is 0.669. The third kappa shape index (κ3) is 4.73. The van der Waals surface area contributed by atoms with Crippen LogP contribution >= 0.6 is 0 Å². The largest absolute Gasteiger partial charge is 0.478 e. The Kier molecular flexibility index (Phi) is 5.05. The molecule has 1 heterocycles. The first kappa shape index (κ1) is 19.1. The van der Waals surface area contributed by atoms with Crippen molar-refractivity contribution < 1.29 is 9.90 Å². The summed E-state index contributed by atoms with van der Waals surface area (Å²) in [5.74, 6) is -1.00. The summed E-state index contributed by atoms with van der Waals surface area (Å²) in [5, 5.41) is 17.5. The van der Waals surface area contributed by atoms with Gasteiger partial charge < -0.3 is 10.0 Å². The lowest BCUT2D eigenvalue weighted by atomic mass is 9.71. The van der Waals surface area contributed by atoms with Crippen molar-refractivity contribution in [1.29, 1.82) is 0 Å². The van der Waals surface area contributed by atoms with Crippen LogP contribution in [-0.2, 0) is 0 Å². The average Bonchev–Trinajstić information content (AvgIpc) is 2.58. The Morgan fingerprint density at radius 3 is 2.11 bits per heavy atom. The SMILES string of the molecule is CC1(C)CN(c2ccc(/N=N/c3ccccc3C(=O)O)cc2)CC(C)(C)C1. The van der Waals surface area contributed by atoms with Crippen LogP contribution in [0.1, 0.15) is 44.5 Å². The van der Waals surface area contributed by atoms with E-state index >= 15 is 0 Å². The fourth-order valence-corrected chi connectivity index (χ4v) is 4.26. The minimum atomic E-state index is -1.00. The van der Waals surface area contributed by atoms with Crippen LogP contribution in [0.3, 0.4) is 0 Å². The van der Waals surface area contributed by atoms with Gasteiger partial charge in [0.2, 0.25) is 0 Å². The molecule has 0 aromatic heterocycles. The second-order valence-electron chi connectivity index (χ2n) is 8.90. The van der Waals surface area contributed by atoms with E-state index in [4.69, 9.17) is 0 Å². The summed E-state index contributed by atoms with van der Waals surface area (Å²) < 4.78 is 0. The van der Waals surface area contributed by atoms with Crippen LogP contribution in [0.2, 0.25) is 0 Å². The van der Waals surface area contributed by atoms with Gasteiger partial charge in [-0.15, -0.1) is 5.11 Å². The Morgan fingerprint density at radius 1 is 0.926 bits per heavy atom. The molecule has 5 nitrogen and oxygen atoms in total. The molecule has 2 aromatic rings. The van der Waals surface area contributed by atoms with Gasteiger partial charge in [0.1, 0.15) is 5.69 Å². The molecule has 0 atom stereocenters. The van der Waals surface area contributed by atoms with Crippen LogP contribution in [0.25, 0.3) is 0 Å². The smallest absolute Gasteiger partial charge is 0.337 e. The molecule has 27 heavy (non-hydrogen) atoms. The van der Waals surface area contributed by atoms with Gasteiger partial charge in [-0.2, -0.15) is 5.11 Å². The second-order valence-corrected chi connectivity index (χ2v) is 8.90. The summed E-state index contributed by atoms with van der Waals surface area (Å²) in [6.45, 7) is 11.4. The number of rotatable bonds is 4. The van der Waals surface area contributed by atoms with Crippen LogP contribution in [0.15, 0.2) is 58.8 Å². The summed E-state index contributed by atoms with van der Waals surface area (Å²) in [6.07, 6.45) is 1.21. The zero-order valence-corrected chi connectivity index (χ0v) is 16.4. The molecule has 0 unspecified atom stereocenters. The predicted molar refractivity (Wildman–Crippen MR) is 108 cm³/mol. The van der Waals surface area contributed by atoms with E-state index < -0.39 is 5.97 Å². The molecule has 0 spiro atoms. The maximum atomic E-state index is 11.3. The van der Waals surface area contributed by atoms with Gasteiger partial charge in [-0.3, -0.25) is 0 Å². The molecule has 5 heteroatoms. The number of azo groups is 1. The Hall–Kier alpha value is -2.69. The van der Waals surface area contributed by atoms with E-state index in [1.54, 1.807) is 18.2 Å². The normalized spacial score (nSPS) is 18.6. The van der Waals surface area contributed by atoms with Gasteiger partial charge in [-0.1, -0.05) is 39.8 Å². The van der Waals surface area contributed by atoms with E-state index in [0.29, 0.717) is 11.4 Å². The zero-order valence-electron chi connectivity index (χ0n) is 16.4. The Labute approximate surface area is 160 Å². The number of piperidine rings is 1. The number of carboxylic acids is 1. The van der Waals surface area contributed by atoms with Crippen molar-refractivity contribution in [1.82, 2.24) is 0 Å². The lowest BCUT2D eigenvalue weighted by Gasteiger charge is -2.48. The fraction of sp³-hybridized carbons (Fsp3) is 0.409. The number of hydrogen-bond donors (Lipinski definition) is 1. The molecule has 3 rings (SSSR count). The maximum Gasteiger partial charge on any atom is 0.337 e. The van der Waals surface area contributed by atoms with E-state index in [1.165, 1.54) is 18.2 Å². The fourth-order valence-electron chi connectivity index (χ4n) is 4.26. The molecular weight excluding hydrogens is 338 g/mol. The third-order valence-corrected chi connectivity index (χ3v) is 4.82. The maximum absolute atomic E-state index is 11.3. The van der Waals surface area contributed by atoms with Crippen molar-refractivity contribution in [2.24, 2.45) is 21.1 Å². The van der Waals surface area contributed by atoms with Gasteiger partial charge in [0, 0.05) is 18.8 Å². The number of carboxylic acid groups (broad SMARTS) is 1. The minimum Gasteiger partial charge on any atom is -0.478 e. The lowest BCUT2D eigenvalue weighted by molar-refractivity contribution is 0.0697. The van der Waals surface area contributed by atoms with Crippen molar-refractivity contribution in [2.75, 3.05) is 18.0 Å². The summed E-state index contributed by atoms with van der Waals surface area (Å²) in [4.78, 5) is 13.7. The number of nitrogens with zero attached hydrogens (tertiary/aromatic N) is 3. The highest BCUT2D eigenvalue weighted by Gasteiger charge is 2.37. The molecule has 1 aliphatic rings. The van der Waals surface area contributed by atoms with Gasteiger partial charge in [0.05, 0.1) is 11.3 Å². The molecule has 1 saturated heterocycles. The van der Waals surface area contributed by atoms with E-state index in [9.17, 15) is 9.90 Å². The summed E-state index contributed by atoms with van der Waals surface area (Å²) >= 11 is 0. The van der Waals surface area contributed by atoms with Crippen molar-refractivity contribution in [2.45, 2.75) is 34.1 Å². The van der Waals surface area contributed by atoms with Gasteiger partial charge >= 0.3 is 5.97 Å². The second kappa shape index (κ2) is 7.14. The molecule has 2 aromatic carbocycles. The monoisotopic (exact) mass is 365 g/mol. The van der Waals surface area contributed by atoms with Crippen molar-refractivity contribution in [3.63, 3.8) is 0 Å². The average molecular weight is 365 g/mol. The van der Waals surface area contributed by atoms with Crippen LogP contribution in [0.4, 0.5) is 17.1 Å². The molecule has 1 N–H and O–H groups in total. The number of benzene rings is 2. The van der Waals surface area contributed by atoms with Crippen LogP contribution in [0.5, 0.6) is 0 Å². The zero-order chi connectivity index (χ0) is 19.7. The highest BCUT2D eigenvalue weighted by Crippen LogP contribution is 2.41. The van der Waals surface area contributed by atoms with E-state index in [2.05, 4.69) is 55.0 Å². The van der Waals surface area contributed by atoms with Crippen LogP contribution in [0, 0.1) is 10.8 Å². The lowest BCUT2D eigenvalue weighted by Crippen LogP contribution is -2.48. The number of anilines is 1. The Morgan fingerprint density at radius 2 is 1.52 bits per heavy atom. The molecular formula is C22H27N3O2. The summed E-state index contributed by atoms with van der Waals surface area (Å²) in [7, 11) is 0. The van der Waals surface area contributed by atoms with Gasteiger partial charge in [0.25, 0.3) is 0 Å². The number of carbonyl (C=O) groups is 1. The van der Waals surface area contributed by atoms with Crippen LogP contribution in [-0.4, -0.2) is 24.2 Å². The number of hydrogen-bond acceptors (Lipinski definition) is 4. The van der Waals surface area contributed by atoms with E-state index in [0.717, 1.165) is 13.1 Å². The molecule has 0 radical (unpaired) electrons. The van der Waals surface area contributed by atoms with Crippen molar-refractivity contribution >= 4 is 23.0 Å². The van der Waals surface area contributed by atoms with Gasteiger partial charge in [-0.05, 0) is 53.6 Å². The molecule has 0 bridgehead atoms. The highest BCUT2D eigenvalue weighted by atomic mass is 16.4. The standard InChI is InChI=1S/C22H27N3O2/c1-21(2)13-22(3,4)15-25(14-21)17-11-9-16(10-12-17)23-24-19-8-6-5-7-18(19)20(26)27/h5-12H,13-15H2,1-4H3,(H,26,27)/b24-23+. The summed E-state index contributed by atoms with van der Waals surface area (Å²) in [6, 6.07) is 14.6. The first-order valence-corrected chi connectivity index (χ1v) is 9.24. The van der Waals surface area contributed by atoms with Crippen molar-refractivity contribution in [3.05, 3.63) is 54.1 Å². The molecule has 0 saturated carbocycles. The van der Waals surface area contributed by atoms with E-state index in [1.807, 2.05) is 12.1 Å². The molecule has 142 valence electrons.